The predicted octanol–water partition coefficient (Wildman–Crippen LogP) is 7.31. The van der Waals surface area contributed by atoms with Gasteiger partial charge in [-0.1, -0.05) is 48.0 Å². The summed E-state index contributed by atoms with van der Waals surface area (Å²) in [6.45, 7) is 5.75. The number of halogens is 2. The van der Waals surface area contributed by atoms with Crippen LogP contribution in [0.5, 0.6) is 11.5 Å². The summed E-state index contributed by atoms with van der Waals surface area (Å²) in [7, 11) is 1.64. The van der Waals surface area contributed by atoms with Gasteiger partial charge in [-0.2, -0.15) is 9.78 Å². The minimum atomic E-state index is -0.463. The molecule has 0 aliphatic rings. The zero-order valence-electron chi connectivity index (χ0n) is 24.6. The van der Waals surface area contributed by atoms with E-state index in [9.17, 15) is 14.0 Å². The number of aryl methyl sites for hydroxylation is 1. The summed E-state index contributed by atoms with van der Waals surface area (Å²) < 4.78 is 27.0. The Kier molecular flexibility index (Phi) is 9.20. The van der Waals surface area contributed by atoms with Gasteiger partial charge in [0.2, 0.25) is 0 Å². The van der Waals surface area contributed by atoms with Gasteiger partial charge >= 0.3 is 0 Å². The lowest BCUT2D eigenvalue weighted by Crippen LogP contribution is -2.21. The molecule has 0 atom stereocenters. The average Bonchev–Trinajstić information content (AvgIpc) is 2.99. The third kappa shape index (κ3) is 6.70. The Morgan fingerprint density at radius 3 is 2.61 bits per heavy atom. The lowest BCUT2D eigenvalue weighted by molar-refractivity contribution is -0.118. The fourth-order valence-corrected chi connectivity index (χ4v) is 5.13. The minimum absolute atomic E-state index is 0.160. The smallest absolute Gasteiger partial charge is 0.282 e. The number of para-hydroxylation sites is 1. The molecule has 224 valence electrons. The second-order valence-electron chi connectivity index (χ2n) is 10.4. The molecule has 0 saturated heterocycles. The molecule has 0 radical (unpaired) electrons. The number of amides is 1. The van der Waals surface area contributed by atoms with Crippen molar-refractivity contribution >= 4 is 44.6 Å². The Hall–Kier alpha value is -4.83. The van der Waals surface area contributed by atoms with E-state index >= 15 is 0 Å². The van der Waals surface area contributed by atoms with Crippen molar-refractivity contribution in [1.82, 2.24) is 9.66 Å². The van der Waals surface area contributed by atoms with Crippen LogP contribution >= 0.6 is 15.9 Å². The normalized spacial score (nSPS) is 11.3. The highest BCUT2D eigenvalue weighted by molar-refractivity contribution is 9.10. The number of fused-ring (bicyclic) bond motifs is 1. The predicted molar refractivity (Wildman–Crippen MR) is 174 cm³/mol. The van der Waals surface area contributed by atoms with Crippen molar-refractivity contribution in [3.63, 3.8) is 0 Å². The number of nitrogens with zero attached hydrogens (tertiary/aromatic N) is 3. The van der Waals surface area contributed by atoms with E-state index in [1.165, 1.54) is 29.1 Å². The first kappa shape index (κ1) is 30.6. The van der Waals surface area contributed by atoms with Crippen molar-refractivity contribution in [3.05, 3.63) is 116 Å². The number of carbonyl (C=O) groups excluding carboxylic acids is 1. The van der Waals surface area contributed by atoms with Crippen LogP contribution in [-0.4, -0.2) is 35.5 Å². The summed E-state index contributed by atoms with van der Waals surface area (Å²) in [5, 5.41) is 7.64. The summed E-state index contributed by atoms with van der Waals surface area (Å²) >= 11 is 3.47. The molecular formula is C34H30BrFN4O4. The van der Waals surface area contributed by atoms with Gasteiger partial charge in [-0.3, -0.25) is 9.59 Å². The van der Waals surface area contributed by atoms with E-state index in [2.05, 4.69) is 40.2 Å². The first-order valence-corrected chi connectivity index (χ1v) is 14.7. The van der Waals surface area contributed by atoms with Crippen molar-refractivity contribution in [2.75, 3.05) is 19.0 Å². The molecule has 5 rings (SSSR count). The molecule has 0 spiro atoms. The van der Waals surface area contributed by atoms with Gasteiger partial charge in [-0.25, -0.2) is 9.37 Å². The number of ether oxygens (including phenoxy) is 2. The van der Waals surface area contributed by atoms with E-state index in [-0.39, 0.29) is 18.1 Å². The Balaban J connectivity index is 1.54. The van der Waals surface area contributed by atoms with E-state index in [4.69, 9.17) is 14.5 Å². The molecule has 4 aromatic carbocycles. The molecule has 0 unspecified atom stereocenters. The average molecular weight is 658 g/mol. The van der Waals surface area contributed by atoms with Gasteiger partial charge in [0.05, 0.1) is 24.2 Å². The molecule has 8 nitrogen and oxygen atoms in total. The third-order valence-electron chi connectivity index (χ3n) is 6.94. The van der Waals surface area contributed by atoms with Gasteiger partial charge in [0.25, 0.3) is 11.5 Å². The Morgan fingerprint density at radius 2 is 1.86 bits per heavy atom. The maximum Gasteiger partial charge on any atom is 0.282 e. The minimum Gasteiger partial charge on any atom is -0.496 e. The van der Waals surface area contributed by atoms with E-state index < -0.39 is 11.7 Å². The van der Waals surface area contributed by atoms with Crippen LogP contribution in [0.25, 0.3) is 22.3 Å². The second-order valence-corrected chi connectivity index (χ2v) is 11.3. The van der Waals surface area contributed by atoms with Crippen molar-refractivity contribution in [3.8, 4) is 22.9 Å². The first-order chi connectivity index (χ1) is 21.1. The second kappa shape index (κ2) is 13.2. The quantitative estimate of drug-likeness (QED) is 0.168. The maximum atomic E-state index is 13.8. The number of nitrogens with one attached hydrogen (secondary N) is 1. The topological polar surface area (TPSA) is 94.8 Å². The number of carbonyl (C=O) groups is 1. The molecule has 0 aliphatic heterocycles. The molecule has 1 heterocycles. The number of rotatable bonds is 9. The monoisotopic (exact) mass is 656 g/mol. The summed E-state index contributed by atoms with van der Waals surface area (Å²) in [6.07, 6.45) is 1.49. The van der Waals surface area contributed by atoms with Gasteiger partial charge in [0.1, 0.15) is 17.3 Å². The Labute approximate surface area is 262 Å². The zero-order chi connectivity index (χ0) is 31.4. The zero-order valence-corrected chi connectivity index (χ0v) is 26.2. The molecule has 0 bridgehead atoms. The van der Waals surface area contributed by atoms with Crippen molar-refractivity contribution in [2.45, 2.75) is 26.7 Å². The number of hydrogen-bond donors (Lipinski definition) is 1. The standard InChI is InChI=1S/C34H30BrFN4O4/c1-20(2)27-17-28(21(3)14-31(27)43-4)33-39-29-11-6-5-10-26(29)34(42)40(33)37-18-22-15-23(35)12-13-30(22)44-19-32(41)38-25-9-7-8-24(36)16-25/h5-18,20H,19H2,1-4H3,(H,38,41). The highest BCUT2D eigenvalue weighted by Crippen LogP contribution is 2.34. The van der Waals surface area contributed by atoms with Crippen molar-refractivity contribution in [1.29, 1.82) is 0 Å². The highest BCUT2D eigenvalue weighted by atomic mass is 79.9. The van der Waals surface area contributed by atoms with Gasteiger partial charge in [-0.15, -0.1) is 0 Å². The molecule has 1 N–H and O–H groups in total. The maximum absolute atomic E-state index is 13.8. The van der Waals surface area contributed by atoms with Crippen LogP contribution < -0.4 is 20.3 Å². The largest absolute Gasteiger partial charge is 0.496 e. The molecule has 0 aliphatic carbocycles. The molecule has 1 amide bonds. The van der Waals surface area contributed by atoms with Crippen LogP contribution in [0.4, 0.5) is 10.1 Å². The molecule has 44 heavy (non-hydrogen) atoms. The molecule has 5 aromatic rings. The summed E-state index contributed by atoms with van der Waals surface area (Å²) in [4.78, 5) is 31.2. The van der Waals surface area contributed by atoms with E-state index in [0.29, 0.717) is 33.7 Å². The molecule has 0 fully saturated rings. The first-order valence-electron chi connectivity index (χ1n) is 13.9. The molecule has 1 aromatic heterocycles. The Morgan fingerprint density at radius 1 is 1.07 bits per heavy atom. The van der Waals surface area contributed by atoms with Crippen LogP contribution in [0.2, 0.25) is 0 Å². The lowest BCUT2D eigenvalue weighted by Gasteiger charge is -2.17. The van der Waals surface area contributed by atoms with Crippen molar-refractivity contribution < 1.29 is 18.7 Å². The summed E-state index contributed by atoms with van der Waals surface area (Å²) in [5.41, 5.74) is 3.64. The summed E-state index contributed by atoms with van der Waals surface area (Å²) in [5.74, 6) is 0.730. The summed E-state index contributed by atoms with van der Waals surface area (Å²) in [6, 6.07) is 21.9. The number of anilines is 1. The van der Waals surface area contributed by atoms with Crippen LogP contribution in [-0.2, 0) is 4.79 Å². The SMILES string of the molecule is COc1cc(C)c(-c2nc3ccccc3c(=O)n2N=Cc2cc(Br)ccc2OCC(=O)Nc2cccc(F)c2)cc1C(C)C. The fraction of sp³-hybridized carbons (Fsp3) is 0.176. The number of aromatic nitrogens is 2. The van der Waals surface area contributed by atoms with Crippen molar-refractivity contribution in [2.24, 2.45) is 5.10 Å². The number of hydrogen-bond acceptors (Lipinski definition) is 6. The van der Waals surface area contributed by atoms with Crippen LogP contribution in [0.1, 0.15) is 36.5 Å². The Bertz CT molecular complexity index is 1950. The van der Waals surface area contributed by atoms with Crippen LogP contribution in [0.3, 0.4) is 0 Å². The van der Waals surface area contributed by atoms with Gasteiger partial charge in [-0.05, 0) is 84.6 Å². The third-order valence-corrected chi connectivity index (χ3v) is 7.44. The van der Waals surface area contributed by atoms with Crippen LogP contribution in [0.15, 0.2) is 93.2 Å². The van der Waals surface area contributed by atoms with Gasteiger partial charge in [0, 0.05) is 21.3 Å². The fourth-order valence-electron chi connectivity index (χ4n) is 4.75. The van der Waals surface area contributed by atoms with E-state index in [0.717, 1.165) is 26.9 Å². The van der Waals surface area contributed by atoms with Gasteiger partial charge < -0.3 is 14.8 Å². The number of benzene rings is 4. The highest BCUT2D eigenvalue weighted by Gasteiger charge is 2.18. The van der Waals surface area contributed by atoms with E-state index in [1.807, 2.05) is 25.1 Å². The lowest BCUT2D eigenvalue weighted by atomic mass is 9.96. The molecule has 10 heteroatoms. The van der Waals surface area contributed by atoms with E-state index in [1.54, 1.807) is 49.6 Å². The van der Waals surface area contributed by atoms with Gasteiger partial charge in [0.15, 0.2) is 12.4 Å². The molecule has 0 saturated carbocycles. The van der Waals surface area contributed by atoms with Crippen LogP contribution in [0, 0.1) is 12.7 Å². The molecular weight excluding hydrogens is 627 g/mol. The number of methoxy groups -OCH3 is 1.